The molecule has 32 heavy (non-hydrogen) atoms. The minimum atomic E-state index is -4.65. The van der Waals surface area contributed by atoms with Gasteiger partial charge in [0.1, 0.15) is 10.6 Å². The van der Waals surface area contributed by atoms with Gasteiger partial charge < -0.3 is 5.32 Å². The molecule has 13 heteroatoms. The van der Waals surface area contributed by atoms with E-state index < -0.39 is 35.0 Å². The predicted molar refractivity (Wildman–Crippen MR) is 102 cm³/mol. The van der Waals surface area contributed by atoms with Crippen LogP contribution in [0.2, 0.25) is 0 Å². The molecule has 0 bridgehead atoms. The quantitative estimate of drug-likeness (QED) is 0.541. The lowest BCUT2D eigenvalue weighted by Gasteiger charge is -2.24. The number of nitrogens with zero attached hydrogens (tertiary/aromatic N) is 4. The van der Waals surface area contributed by atoms with Crippen LogP contribution in [-0.2, 0) is 18.9 Å². The fraction of sp³-hybridized carbons (Fsp3) is 0.368. The monoisotopic (exact) mass is 475 g/mol. The zero-order valence-corrected chi connectivity index (χ0v) is 17.2. The highest BCUT2D eigenvalue weighted by molar-refractivity contribution is 7.13. The van der Waals surface area contributed by atoms with E-state index in [0.717, 1.165) is 12.3 Å². The van der Waals surface area contributed by atoms with Crippen molar-refractivity contribution in [3.05, 3.63) is 51.4 Å². The van der Waals surface area contributed by atoms with Crippen molar-refractivity contribution < 1.29 is 31.1 Å². The zero-order chi connectivity index (χ0) is 23.3. The van der Waals surface area contributed by atoms with Crippen LogP contribution in [0.5, 0.6) is 0 Å². The van der Waals surface area contributed by atoms with Crippen LogP contribution in [0.3, 0.4) is 0 Å². The Kier molecular flexibility index (Phi) is 5.47. The van der Waals surface area contributed by atoms with Gasteiger partial charge in [-0.15, -0.1) is 11.3 Å². The van der Waals surface area contributed by atoms with Gasteiger partial charge in [-0.3, -0.25) is 14.5 Å². The molecule has 170 valence electrons. The topological polar surface area (TPSA) is 72.7 Å². The van der Waals surface area contributed by atoms with Gasteiger partial charge in [-0.25, -0.2) is 4.98 Å². The first-order valence-electron chi connectivity index (χ1n) is 9.40. The number of amides is 1. The maximum absolute atomic E-state index is 13.0. The van der Waals surface area contributed by atoms with Gasteiger partial charge in [-0.2, -0.15) is 31.4 Å². The summed E-state index contributed by atoms with van der Waals surface area (Å²) < 4.78 is 79.2. The molecule has 1 aliphatic rings. The second-order valence-corrected chi connectivity index (χ2v) is 8.20. The molecule has 3 aromatic rings. The van der Waals surface area contributed by atoms with Crippen LogP contribution in [0.4, 0.5) is 26.3 Å². The van der Waals surface area contributed by atoms with Gasteiger partial charge >= 0.3 is 12.4 Å². The van der Waals surface area contributed by atoms with E-state index >= 15 is 0 Å². The summed E-state index contributed by atoms with van der Waals surface area (Å²) in [5.74, 6) is -0.694. The van der Waals surface area contributed by atoms with E-state index in [-0.39, 0.29) is 33.2 Å². The normalized spacial score (nSPS) is 16.7. The number of aryl methyl sites for hydroxylation is 2. The fourth-order valence-corrected chi connectivity index (χ4v) is 4.30. The Hall–Kier alpha value is -2.96. The highest BCUT2D eigenvalue weighted by Gasteiger charge is 2.37. The summed E-state index contributed by atoms with van der Waals surface area (Å²) in [6.07, 6.45) is -7.08. The molecule has 3 aromatic heterocycles. The van der Waals surface area contributed by atoms with E-state index in [0.29, 0.717) is 25.1 Å². The van der Waals surface area contributed by atoms with E-state index in [9.17, 15) is 31.1 Å². The highest BCUT2D eigenvalue weighted by atomic mass is 32.1. The summed E-state index contributed by atoms with van der Waals surface area (Å²) in [5.41, 5.74) is -0.0220. The van der Waals surface area contributed by atoms with Crippen LogP contribution in [0.1, 0.15) is 50.6 Å². The van der Waals surface area contributed by atoms with E-state index in [1.807, 2.05) is 0 Å². The molecule has 6 nitrogen and oxygen atoms in total. The van der Waals surface area contributed by atoms with Crippen molar-refractivity contribution in [3.63, 3.8) is 0 Å². The number of halogens is 6. The molecular formula is C19H15F6N5OS. The molecule has 1 unspecified atom stereocenters. The lowest BCUT2D eigenvalue weighted by atomic mass is 10.0. The van der Waals surface area contributed by atoms with Crippen molar-refractivity contribution in [1.29, 1.82) is 0 Å². The van der Waals surface area contributed by atoms with Crippen molar-refractivity contribution in [1.82, 2.24) is 25.1 Å². The van der Waals surface area contributed by atoms with Crippen LogP contribution in [0.15, 0.2) is 24.4 Å². The first-order chi connectivity index (χ1) is 14.9. The number of thiazole rings is 1. The molecule has 0 saturated carbocycles. The number of carbonyl (C=O) groups is 1. The number of fused-ring (bicyclic) bond motifs is 1. The second-order valence-electron chi connectivity index (χ2n) is 7.20. The Balaban J connectivity index is 1.60. The van der Waals surface area contributed by atoms with Crippen LogP contribution in [0, 0.1) is 6.92 Å². The summed E-state index contributed by atoms with van der Waals surface area (Å²) in [5, 5.41) is 5.95. The highest BCUT2D eigenvalue weighted by Crippen LogP contribution is 2.35. The lowest BCUT2D eigenvalue weighted by Crippen LogP contribution is -2.32. The molecule has 0 aliphatic carbocycles. The third-order valence-electron chi connectivity index (χ3n) is 4.93. The molecule has 4 rings (SSSR count). The fourth-order valence-electron chi connectivity index (χ4n) is 3.47. The van der Waals surface area contributed by atoms with Crippen molar-refractivity contribution in [3.8, 4) is 11.3 Å². The number of rotatable bonds is 3. The van der Waals surface area contributed by atoms with Gasteiger partial charge in [0, 0.05) is 18.3 Å². The molecule has 0 spiro atoms. The first kappa shape index (κ1) is 22.2. The lowest BCUT2D eigenvalue weighted by molar-refractivity contribution is -0.141. The SMILES string of the molecule is Cc1nc(C(F)(F)F)sc1C(=O)NC1CCCn2nc(-c3ccnc(C(F)(F)F)c3)cc21. The van der Waals surface area contributed by atoms with Gasteiger partial charge in [0.2, 0.25) is 0 Å². The van der Waals surface area contributed by atoms with Crippen molar-refractivity contribution in [2.45, 2.75) is 44.7 Å². The van der Waals surface area contributed by atoms with E-state index in [2.05, 4.69) is 20.4 Å². The third-order valence-corrected chi connectivity index (χ3v) is 6.13. The molecule has 1 atom stereocenters. The Morgan fingerprint density at radius 1 is 1.19 bits per heavy atom. The molecule has 4 heterocycles. The van der Waals surface area contributed by atoms with E-state index in [1.54, 1.807) is 10.7 Å². The van der Waals surface area contributed by atoms with Crippen molar-refractivity contribution >= 4 is 17.2 Å². The number of aromatic nitrogens is 4. The van der Waals surface area contributed by atoms with E-state index in [1.165, 1.54) is 13.0 Å². The minimum absolute atomic E-state index is 0.0266. The van der Waals surface area contributed by atoms with Gasteiger partial charge in [0.25, 0.3) is 5.91 Å². The largest absolute Gasteiger partial charge is 0.443 e. The summed E-state index contributed by atoms with van der Waals surface area (Å²) in [4.78, 5) is 19.3. The molecule has 0 saturated heterocycles. The van der Waals surface area contributed by atoms with Crippen molar-refractivity contribution in [2.75, 3.05) is 0 Å². The first-order valence-corrected chi connectivity index (χ1v) is 10.2. The Labute approximate surface area is 181 Å². The minimum Gasteiger partial charge on any atom is -0.343 e. The second kappa shape index (κ2) is 7.87. The number of hydrogen-bond donors (Lipinski definition) is 1. The summed E-state index contributed by atoms with van der Waals surface area (Å²) in [7, 11) is 0. The maximum Gasteiger partial charge on any atom is 0.443 e. The van der Waals surface area contributed by atoms with Gasteiger partial charge in [-0.1, -0.05) is 0 Å². The summed E-state index contributed by atoms with van der Waals surface area (Å²) >= 11 is 0.266. The summed E-state index contributed by atoms with van der Waals surface area (Å²) in [6, 6.07) is 3.30. The molecule has 0 fully saturated rings. The average Bonchev–Trinajstić information content (AvgIpc) is 3.32. The standard InChI is InChI=1S/C19H15F6N5OS/c1-9-15(32-17(27-9)19(23,24)25)16(31)28-11-3-2-6-30-13(11)8-12(29-30)10-4-5-26-14(7-10)18(20,21)22/h4-5,7-8,11H,2-3,6H2,1H3,(H,28,31). The third kappa shape index (κ3) is 4.33. The number of pyridine rings is 1. The number of carbonyl (C=O) groups excluding carboxylic acids is 1. The number of alkyl halides is 6. The van der Waals surface area contributed by atoms with E-state index in [4.69, 9.17) is 0 Å². The molecule has 0 aromatic carbocycles. The van der Waals surface area contributed by atoms with Crippen molar-refractivity contribution in [2.24, 2.45) is 0 Å². The Morgan fingerprint density at radius 2 is 1.94 bits per heavy atom. The van der Waals surface area contributed by atoms with Crippen LogP contribution < -0.4 is 5.32 Å². The molecule has 0 radical (unpaired) electrons. The molecule has 1 aliphatic heterocycles. The summed E-state index contributed by atoms with van der Waals surface area (Å²) in [6.45, 7) is 1.82. The molecule has 1 amide bonds. The number of hydrogen-bond acceptors (Lipinski definition) is 5. The van der Waals surface area contributed by atoms with Crippen LogP contribution >= 0.6 is 11.3 Å². The average molecular weight is 475 g/mol. The number of nitrogens with one attached hydrogen (secondary N) is 1. The Bertz CT molecular complexity index is 1170. The maximum atomic E-state index is 13.0. The van der Waals surface area contributed by atoms with Crippen LogP contribution in [0.25, 0.3) is 11.3 Å². The zero-order valence-electron chi connectivity index (χ0n) is 16.4. The molecular weight excluding hydrogens is 460 g/mol. The van der Waals surface area contributed by atoms with Gasteiger partial charge in [0.05, 0.1) is 23.1 Å². The predicted octanol–water partition coefficient (Wildman–Crippen LogP) is 5.01. The van der Waals surface area contributed by atoms with Crippen LogP contribution in [-0.4, -0.2) is 25.7 Å². The molecule has 1 N–H and O–H groups in total. The smallest absolute Gasteiger partial charge is 0.343 e. The van der Waals surface area contributed by atoms with Gasteiger partial charge in [0.15, 0.2) is 5.01 Å². The Morgan fingerprint density at radius 3 is 2.59 bits per heavy atom. The van der Waals surface area contributed by atoms with Gasteiger partial charge in [-0.05, 0) is 38.0 Å².